The van der Waals surface area contributed by atoms with Gasteiger partial charge in [0.2, 0.25) is 0 Å². The Kier molecular flexibility index (Phi) is 12.0. The van der Waals surface area contributed by atoms with Gasteiger partial charge in [-0.05, 0) is 0 Å². The molecule has 2 nitrogen and oxygen atoms in total. The van der Waals surface area contributed by atoms with Gasteiger partial charge in [-0.2, -0.15) is 0 Å². The molecule has 20 heavy (non-hydrogen) atoms. The second-order valence-electron chi connectivity index (χ2n) is 6.57. The van der Waals surface area contributed by atoms with Crippen LogP contribution < -0.4 is 0 Å². The Morgan fingerprint density at radius 2 is 1.30 bits per heavy atom. The standard InChI is InChI=1S/C5H10O2.3C4H9.Sn/c1-4(2)3-5(6)7;3*1-3-4-2;/h4H,3H2,1-2H3,(H,6,7);3*1,3-4H2,2H3;/q;;;;+1/p-1. The first-order chi connectivity index (χ1) is 9.49. The molecule has 0 aromatic rings. The third kappa shape index (κ3) is 9.25. The molecule has 0 radical (unpaired) electrons. The average molecular weight is 391 g/mol. The van der Waals surface area contributed by atoms with Gasteiger partial charge in [-0.1, -0.05) is 0 Å². The maximum atomic E-state index is 12.2. The number of unbranched alkanes of at least 4 members (excludes halogenated alkanes) is 3. The first-order valence-electron chi connectivity index (χ1n) is 8.71. The van der Waals surface area contributed by atoms with Crippen LogP contribution in [0.25, 0.3) is 0 Å². The minimum absolute atomic E-state index is 0.0964. The molecule has 0 unspecified atom stereocenters. The zero-order chi connectivity index (χ0) is 15.4. The molecular weight excluding hydrogens is 355 g/mol. The monoisotopic (exact) mass is 392 g/mol. The summed E-state index contributed by atoms with van der Waals surface area (Å²) >= 11 is -2.68. The molecule has 0 heterocycles. The van der Waals surface area contributed by atoms with E-state index in [9.17, 15) is 4.79 Å². The summed E-state index contributed by atoms with van der Waals surface area (Å²) < 4.78 is 9.96. The number of rotatable bonds is 12. The Morgan fingerprint density at radius 3 is 1.60 bits per heavy atom. The topological polar surface area (TPSA) is 26.3 Å². The Labute approximate surface area is 131 Å². The fourth-order valence-electron chi connectivity index (χ4n) is 2.64. The molecule has 0 amide bonds. The van der Waals surface area contributed by atoms with Gasteiger partial charge < -0.3 is 0 Å². The van der Waals surface area contributed by atoms with Gasteiger partial charge in [0.15, 0.2) is 0 Å². The zero-order valence-corrected chi connectivity index (χ0v) is 17.3. The van der Waals surface area contributed by atoms with Gasteiger partial charge in [0.1, 0.15) is 0 Å². The third-order valence-electron chi connectivity index (χ3n) is 3.86. The van der Waals surface area contributed by atoms with E-state index in [2.05, 4.69) is 34.6 Å². The summed E-state index contributed by atoms with van der Waals surface area (Å²) in [6.45, 7) is 10.9. The Hall–Kier alpha value is 0.269. The molecule has 0 N–H and O–H groups in total. The molecule has 0 saturated heterocycles. The molecule has 0 rings (SSSR count). The fourth-order valence-corrected chi connectivity index (χ4v) is 15.8. The SMILES string of the molecule is CCC[CH2][Sn]([CH2]CCC)([CH2]CCC)[O]C(=O)CC(C)C. The van der Waals surface area contributed by atoms with E-state index >= 15 is 0 Å². The number of carbonyl (C=O) groups excluding carboxylic acids is 1. The van der Waals surface area contributed by atoms with Crippen molar-refractivity contribution in [3.8, 4) is 0 Å². The molecule has 120 valence electrons. The zero-order valence-electron chi connectivity index (χ0n) is 14.5. The van der Waals surface area contributed by atoms with Gasteiger partial charge in [-0.25, -0.2) is 0 Å². The normalized spacial score (nSPS) is 11.9. The van der Waals surface area contributed by atoms with E-state index in [0.29, 0.717) is 12.3 Å². The minimum atomic E-state index is -2.68. The van der Waals surface area contributed by atoms with Crippen LogP contribution in [0.4, 0.5) is 0 Å². The summed E-state index contributed by atoms with van der Waals surface area (Å²) in [7, 11) is 0. The number of hydrogen-bond acceptors (Lipinski definition) is 2. The molecule has 0 aromatic carbocycles. The summed E-state index contributed by atoms with van der Waals surface area (Å²) in [6, 6.07) is 0. The van der Waals surface area contributed by atoms with E-state index in [-0.39, 0.29) is 5.97 Å². The van der Waals surface area contributed by atoms with Crippen LogP contribution in [-0.4, -0.2) is 24.8 Å². The summed E-state index contributed by atoms with van der Waals surface area (Å²) in [5, 5.41) is 0. The van der Waals surface area contributed by atoms with Crippen molar-refractivity contribution in [3.05, 3.63) is 0 Å². The Bertz CT molecular complexity index is 230. The van der Waals surface area contributed by atoms with Crippen LogP contribution in [0, 0.1) is 5.92 Å². The quantitative estimate of drug-likeness (QED) is 0.386. The van der Waals surface area contributed by atoms with Gasteiger partial charge in [0.05, 0.1) is 0 Å². The van der Waals surface area contributed by atoms with Crippen LogP contribution in [0.3, 0.4) is 0 Å². The van der Waals surface area contributed by atoms with Crippen LogP contribution >= 0.6 is 0 Å². The van der Waals surface area contributed by atoms with E-state index in [1.54, 1.807) is 0 Å². The van der Waals surface area contributed by atoms with Crippen LogP contribution in [-0.2, 0) is 7.87 Å². The van der Waals surface area contributed by atoms with Crippen LogP contribution in [0.15, 0.2) is 0 Å². The van der Waals surface area contributed by atoms with Gasteiger partial charge in [0.25, 0.3) is 0 Å². The summed E-state index contributed by atoms with van der Waals surface area (Å²) in [4.78, 5) is 12.2. The molecule has 0 fully saturated rings. The second kappa shape index (κ2) is 11.9. The predicted molar refractivity (Wildman–Crippen MR) is 90.4 cm³/mol. The van der Waals surface area contributed by atoms with Crippen molar-refractivity contribution in [3.63, 3.8) is 0 Å². The summed E-state index contributed by atoms with van der Waals surface area (Å²) in [5.74, 6) is 0.508. The molecule has 0 aliphatic heterocycles. The van der Waals surface area contributed by atoms with Gasteiger partial charge in [0, 0.05) is 0 Å². The van der Waals surface area contributed by atoms with Crippen LogP contribution in [0.2, 0.25) is 13.3 Å². The van der Waals surface area contributed by atoms with Crippen molar-refractivity contribution >= 4 is 24.8 Å². The van der Waals surface area contributed by atoms with Gasteiger partial charge in [-0.15, -0.1) is 0 Å². The average Bonchev–Trinajstić information content (AvgIpc) is 2.39. The van der Waals surface area contributed by atoms with E-state index < -0.39 is 18.8 Å². The molecule has 0 aliphatic rings. The first kappa shape index (κ1) is 20.3. The van der Waals surface area contributed by atoms with E-state index in [1.165, 1.54) is 51.8 Å². The molecule has 3 heteroatoms. The van der Waals surface area contributed by atoms with Crippen molar-refractivity contribution in [1.29, 1.82) is 0 Å². The molecule has 0 saturated carbocycles. The van der Waals surface area contributed by atoms with Crippen molar-refractivity contribution in [2.75, 3.05) is 0 Å². The molecular formula is C17H36O2Sn. The Morgan fingerprint density at radius 1 is 0.900 bits per heavy atom. The molecule has 0 spiro atoms. The fraction of sp³-hybridized carbons (Fsp3) is 0.941. The van der Waals surface area contributed by atoms with E-state index in [4.69, 9.17) is 3.07 Å². The van der Waals surface area contributed by atoms with Gasteiger partial charge in [-0.3, -0.25) is 0 Å². The predicted octanol–water partition coefficient (Wildman–Crippen LogP) is 5.92. The summed E-state index contributed by atoms with van der Waals surface area (Å²) in [5.41, 5.74) is 0. The first-order valence-corrected chi connectivity index (χ1v) is 15.9. The van der Waals surface area contributed by atoms with E-state index in [0.717, 1.165) is 0 Å². The van der Waals surface area contributed by atoms with Crippen molar-refractivity contribution in [2.45, 2.75) is 92.9 Å². The number of hydrogen-bond donors (Lipinski definition) is 0. The molecule has 0 atom stereocenters. The summed E-state index contributed by atoms with van der Waals surface area (Å²) in [6.07, 6.45) is 8.01. The van der Waals surface area contributed by atoms with Crippen molar-refractivity contribution in [1.82, 2.24) is 0 Å². The van der Waals surface area contributed by atoms with E-state index in [1.807, 2.05) is 0 Å². The number of carbonyl (C=O) groups is 1. The Balaban J connectivity index is 4.77. The van der Waals surface area contributed by atoms with Crippen molar-refractivity contribution < 1.29 is 7.87 Å². The van der Waals surface area contributed by atoms with Crippen LogP contribution in [0.5, 0.6) is 0 Å². The molecule has 0 aliphatic carbocycles. The van der Waals surface area contributed by atoms with Crippen LogP contribution in [0.1, 0.15) is 79.6 Å². The van der Waals surface area contributed by atoms with Crippen molar-refractivity contribution in [2.24, 2.45) is 5.92 Å². The molecule has 0 aromatic heterocycles. The second-order valence-corrected chi connectivity index (χ2v) is 18.2. The molecule has 0 bridgehead atoms. The maximum absolute atomic E-state index is 12.2. The third-order valence-corrected chi connectivity index (χ3v) is 16.6. The van der Waals surface area contributed by atoms with Gasteiger partial charge >= 0.3 is 131 Å².